The van der Waals surface area contributed by atoms with Gasteiger partial charge in [0.25, 0.3) is 0 Å². The van der Waals surface area contributed by atoms with Crippen molar-refractivity contribution in [2.45, 2.75) is 38.9 Å². The molecule has 1 N–H and O–H groups in total. The Morgan fingerprint density at radius 2 is 2.14 bits per heavy atom. The fourth-order valence-electron chi connectivity index (χ4n) is 2.36. The van der Waals surface area contributed by atoms with Crippen molar-refractivity contribution < 1.29 is 8.95 Å². The molecule has 1 rings (SSSR count). The number of ether oxygens (including phenoxy) is 1. The summed E-state index contributed by atoms with van der Waals surface area (Å²) in [7, 11) is 0.911. The van der Waals surface area contributed by atoms with Gasteiger partial charge in [0, 0.05) is 54.0 Å². The van der Waals surface area contributed by atoms with Gasteiger partial charge < -0.3 is 15.0 Å². The van der Waals surface area contributed by atoms with E-state index < -0.39 is 10.8 Å². The quantitative estimate of drug-likeness (QED) is 0.387. The molecule has 22 heavy (non-hydrogen) atoms. The summed E-state index contributed by atoms with van der Waals surface area (Å²) in [6.45, 7) is 12.4. The van der Waals surface area contributed by atoms with Crippen LogP contribution in [0.25, 0.3) is 0 Å². The molecular weight excluding hydrogens is 413 g/mol. The van der Waals surface area contributed by atoms with E-state index >= 15 is 0 Å². The second kappa shape index (κ2) is 10.8. The molecule has 1 saturated heterocycles. The van der Waals surface area contributed by atoms with Gasteiger partial charge in [-0.05, 0) is 34.1 Å². The highest BCUT2D eigenvalue weighted by Crippen LogP contribution is 2.16. The van der Waals surface area contributed by atoms with Crippen molar-refractivity contribution >= 4 is 40.7 Å². The van der Waals surface area contributed by atoms with Gasteiger partial charge in [0.1, 0.15) is 0 Å². The number of rotatable bonds is 6. The molecule has 2 atom stereocenters. The summed E-state index contributed by atoms with van der Waals surface area (Å²) in [6, 6.07) is 0. The third-order valence-electron chi connectivity index (χ3n) is 3.54. The minimum atomic E-state index is -0.843. The first-order chi connectivity index (χ1) is 9.88. The van der Waals surface area contributed by atoms with E-state index in [-0.39, 0.29) is 28.7 Å². The molecule has 0 aliphatic carbocycles. The molecule has 0 aromatic heterocycles. The second-order valence-corrected chi connectivity index (χ2v) is 8.78. The van der Waals surface area contributed by atoms with Gasteiger partial charge >= 0.3 is 0 Å². The zero-order valence-corrected chi connectivity index (χ0v) is 17.7. The molecule has 0 spiro atoms. The largest absolute Gasteiger partial charge is 0.384 e. The van der Waals surface area contributed by atoms with E-state index in [0.717, 1.165) is 38.6 Å². The van der Waals surface area contributed by atoms with Gasteiger partial charge in [-0.1, -0.05) is 0 Å². The Hall–Kier alpha value is 0.110. The lowest BCUT2D eigenvalue weighted by atomic mass is 10.1. The molecule has 0 amide bonds. The van der Waals surface area contributed by atoms with Crippen LogP contribution in [-0.4, -0.2) is 65.5 Å². The maximum Gasteiger partial charge on any atom is 0.193 e. The van der Waals surface area contributed by atoms with E-state index in [0.29, 0.717) is 18.2 Å². The van der Waals surface area contributed by atoms with Crippen LogP contribution in [0, 0.1) is 5.92 Å². The first-order valence-corrected chi connectivity index (χ1v) is 9.11. The van der Waals surface area contributed by atoms with Gasteiger partial charge in [0.2, 0.25) is 0 Å². The molecule has 0 aromatic rings. The summed E-state index contributed by atoms with van der Waals surface area (Å²) in [5.74, 6) is 2.15. The number of halogens is 1. The predicted molar refractivity (Wildman–Crippen MR) is 106 cm³/mol. The molecule has 7 heteroatoms. The van der Waals surface area contributed by atoms with Gasteiger partial charge in [-0.2, -0.15) is 0 Å². The number of hydrogen-bond acceptors (Lipinski definition) is 3. The first kappa shape index (κ1) is 22.1. The third kappa shape index (κ3) is 7.59. The Balaban J connectivity index is 0.00000441. The Morgan fingerprint density at radius 3 is 2.68 bits per heavy atom. The van der Waals surface area contributed by atoms with Crippen LogP contribution in [0.4, 0.5) is 0 Å². The first-order valence-electron chi connectivity index (χ1n) is 7.79. The van der Waals surface area contributed by atoms with Crippen molar-refractivity contribution in [3.8, 4) is 0 Å². The Morgan fingerprint density at radius 1 is 1.45 bits per heavy atom. The molecule has 0 aromatic carbocycles. The van der Waals surface area contributed by atoms with E-state index in [9.17, 15) is 4.21 Å². The van der Waals surface area contributed by atoms with Crippen LogP contribution in [0.3, 0.4) is 0 Å². The topological polar surface area (TPSA) is 53.9 Å². The molecule has 1 aliphatic heterocycles. The van der Waals surface area contributed by atoms with Crippen molar-refractivity contribution in [3.63, 3.8) is 0 Å². The van der Waals surface area contributed by atoms with E-state index in [1.807, 2.05) is 20.8 Å². The zero-order valence-electron chi connectivity index (χ0n) is 14.6. The lowest BCUT2D eigenvalue weighted by Gasteiger charge is -2.22. The number of nitrogens with one attached hydrogen (secondary N) is 1. The summed E-state index contributed by atoms with van der Waals surface area (Å²) in [5, 5.41) is 3.34. The molecule has 1 fully saturated rings. The summed E-state index contributed by atoms with van der Waals surface area (Å²) in [5.41, 5.74) is 0. The van der Waals surface area contributed by atoms with E-state index in [4.69, 9.17) is 4.74 Å². The van der Waals surface area contributed by atoms with Crippen LogP contribution in [-0.2, 0) is 15.5 Å². The predicted octanol–water partition coefficient (Wildman–Crippen LogP) is 2.09. The summed E-state index contributed by atoms with van der Waals surface area (Å²) >= 11 is 0. The van der Waals surface area contributed by atoms with Crippen molar-refractivity contribution in [2.75, 3.05) is 45.6 Å². The third-order valence-corrected chi connectivity index (χ3v) is 5.46. The van der Waals surface area contributed by atoms with Gasteiger partial charge in [0.05, 0.1) is 13.2 Å². The molecular formula is C15H32IN3O2S. The maximum atomic E-state index is 12.1. The lowest BCUT2D eigenvalue weighted by molar-refractivity contribution is 0.157. The smallest absolute Gasteiger partial charge is 0.193 e. The fraction of sp³-hybridized carbons (Fsp3) is 0.933. The Labute approximate surface area is 155 Å². The van der Waals surface area contributed by atoms with Gasteiger partial charge in [-0.3, -0.25) is 9.20 Å². The number of guanidine groups is 1. The highest BCUT2D eigenvalue weighted by atomic mass is 127. The van der Waals surface area contributed by atoms with Gasteiger partial charge in [0.15, 0.2) is 5.96 Å². The normalized spacial score (nSPS) is 20.7. The highest BCUT2D eigenvalue weighted by Gasteiger charge is 2.25. The molecule has 1 aliphatic rings. The minimum absolute atomic E-state index is 0. The molecule has 0 radical (unpaired) electrons. The average Bonchev–Trinajstić information content (AvgIpc) is 2.85. The van der Waals surface area contributed by atoms with Gasteiger partial charge in [-0.25, -0.2) is 0 Å². The van der Waals surface area contributed by atoms with E-state index in [1.54, 1.807) is 7.11 Å². The minimum Gasteiger partial charge on any atom is -0.384 e. The van der Waals surface area contributed by atoms with Gasteiger partial charge in [-0.15, -0.1) is 24.0 Å². The summed E-state index contributed by atoms with van der Waals surface area (Å²) in [6.07, 6.45) is 1.15. The van der Waals surface area contributed by atoms with Crippen LogP contribution in [0.1, 0.15) is 34.1 Å². The number of likely N-dealkylation sites (tertiary alicyclic amines) is 1. The Kier molecular flexibility index (Phi) is 10.9. The average molecular weight is 445 g/mol. The van der Waals surface area contributed by atoms with E-state index in [1.165, 1.54) is 0 Å². The van der Waals surface area contributed by atoms with Crippen LogP contribution >= 0.6 is 24.0 Å². The molecule has 0 saturated carbocycles. The SMILES string of the molecule is CCNC(=NCCS(=O)C(C)(C)C)N1CCC(COC)C1.I. The van der Waals surface area contributed by atoms with Crippen molar-refractivity contribution in [3.05, 3.63) is 0 Å². The number of nitrogens with zero attached hydrogens (tertiary/aromatic N) is 2. The van der Waals surface area contributed by atoms with Crippen LogP contribution in [0.5, 0.6) is 0 Å². The second-order valence-electron chi connectivity index (χ2n) is 6.45. The van der Waals surface area contributed by atoms with Crippen LogP contribution in [0.15, 0.2) is 4.99 Å². The Bertz CT molecular complexity index is 372. The molecule has 0 bridgehead atoms. The van der Waals surface area contributed by atoms with Crippen LogP contribution < -0.4 is 5.32 Å². The lowest BCUT2D eigenvalue weighted by Crippen LogP contribution is -2.40. The number of aliphatic imine (C=N–C) groups is 1. The molecule has 5 nitrogen and oxygen atoms in total. The van der Waals surface area contributed by atoms with Crippen molar-refractivity contribution in [1.82, 2.24) is 10.2 Å². The molecule has 2 unspecified atom stereocenters. The number of hydrogen-bond donors (Lipinski definition) is 1. The summed E-state index contributed by atoms with van der Waals surface area (Å²) < 4.78 is 17.1. The standard InChI is InChI=1S/C15H31N3O2S.HI/c1-6-16-14(17-8-10-21(19)15(2,3)4)18-9-7-13(11-18)12-20-5;/h13H,6-12H2,1-5H3,(H,16,17);1H. The fourth-order valence-corrected chi connectivity index (χ4v) is 3.23. The highest BCUT2D eigenvalue weighted by molar-refractivity contribution is 14.0. The zero-order chi connectivity index (χ0) is 15.9. The summed E-state index contributed by atoms with van der Waals surface area (Å²) in [4.78, 5) is 6.93. The van der Waals surface area contributed by atoms with Crippen molar-refractivity contribution in [2.24, 2.45) is 10.9 Å². The molecule has 1 heterocycles. The van der Waals surface area contributed by atoms with E-state index in [2.05, 4.69) is 22.1 Å². The molecule has 132 valence electrons. The maximum absolute atomic E-state index is 12.1. The monoisotopic (exact) mass is 445 g/mol. The van der Waals surface area contributed by atoms with Crippen molar-refractivity contribution in [1.29, 1.82) is 0 Å². The number of methoxy groups -OCH3 is 1. The van der Waals surface area contributed by atoms with Crippen LogP contribution in [0.2, 0.25) is 0 Å².